The fourth-order valence-electron chi connectivity index (χ4n) is 5.07. The Morgan fingerprint density at radius 1 is 1.08 bits per heavy atom. The van der Waals surface area contributed by atoms with Gasteiger partial charge in [-0.15, -0.1) is 11.3 Å². The number of nitrogens with zero attached hydrogens (tertiary/aromatic N) is 6. The van der Waals surface area contributed by atoms with Crippen LogP contribution in [0.3, 0.4) is 0 Å². The minimum absolute atomic E-state index is 0.274. The molecule has 0 bridgehead atoms. The van der Waals surface area contributed by atoms with Crippen LogP contribution in [0.4, 0.5) is 5.82 Å². The molecule has 1 aliphatic carbocycles. The van der Waals surface area contributed by atoms with Crippen molar-refractivity contribution < 1.29 is 4.74 Å². The van der Waals surface area contributed by atoms with Gasteiger partial charge in [0.05, 0.1) is 16.4 Å². The summed E-state index contributed by atoms with van der Waals surface area (Å²) in [7, 11) is 3.76. The molecular weight excluding hydrogens is 482 g/mol. The van der Waals surface area contributed by atoms with Crippen LogP contribution in [0.5, 0.6) is 0 Å². The molecule has 0 radical (unpaired) electrons. The number of methoxy groups -OCH3 is 1. The van der Waals surface area contributed by atoms with Crippen LogP contribution in [0.2, 0.25) is 0 Å². The molecule has 0 aliphatic heterocycles. The molecule has 5 aromatic rings. The van der Waals surface area contributed by atoms with E-state index < -0.39 is 0 Å². The molecule has 0 amide bonds. The van der Waals surface area contributed by atoms with Crippen LogP contribution < -0.4 is 5.32 Å². The molecule has 0 saturated heterocycles. The Kier molecular flexibility index (Phi) is 6.26. The number of aromatic nitrogens is 6. The van der Waals surface area contributed by atoms with Crippen LogP contribution in [0.15, 0.2) is 55.0 Å². The summed E-state index contributed by atoms with van der Waals surface area (Å²) in [5, 5.41) is 9.74. The predicted octanol–water partition coefficient (Wildman–Crippen LogP) is 6.18. The molecule has 2 atom stereocenters. The van der Waals surface area contributed by atoms with E-state index in [-0.39, 0.29) is 18.2 Å². The number of hydrogen-bond donors (Lipinski definition) is 1. The van der Waals surface area contributed by atoms with Gasteiger partial charge >= 0.3 is 0 Å². The molecule has 0 spiro atoms. The Bertz CT molecular complexity index is 1530. The van der Waals surface area contributed by atoms with Gasteiger partial charge in [0.15, 0.2) is 11.6 Å². The van der Waals surface area contributed by atoms with Crippen molar-refractivity contribution in [2.45, 2.75) is 51.3 Å². The summed E-state index contributed by atoms with van der Waals surface area (Å²) < 4.78 is 9.61. The minimum atomic E-state index is 0.274. The van der Waals surface area contributed by atoms with Gasteiger partial charge in [-0.05, 0) is 44.7 Å². The maximum Gasteiger partial charge on any atom is 0.199 e. The lowest BCUT2D eigenvalue weighted by Gasteiger charge is -2.16. The fraction of sp³-hybridized carbons (Fsp3) is 0.357. The van der Waals surface area contributed by atoms with Crippen LogP contribution in [0.1, 0.15) is 39.2 Å². The van der Waals surface area contributed by atoms with E-state index in [0.717, 1.165) is 62.8 Å². The molecule has 1 N–H and O–H groups in total. The molecule has 1 aliphatic rings. The first-order valence-corrected chi connectivity index (χ1v) is 13.6. The number of rotatable bonds is 7. The molecule has 4 heterocycles. The molecular formula is C28H31N7OS. The standard InChI is InChI=1S/C28H31N7OS/c1-17(2)35-14-12-21(33-35)24-22(18-8-6-5-7-9-18)23-25(30-19-10-11-20(16-19)36-4)31-26(32-28(23)37-24)27-29-13-15-34(27)3/h5-9,12-15,17,19-20H,10-11,16H2,1-4H3,(H,30,31,32)/t19-,20?/m0/s1. The van der Waals surface area contributed by atoms with Crippen molar-refractivity contribution in [3.8, 4) is 33.3 Å². The summed E-state index contributed by atoms with van der Waals surface area (Å²) in [6, 6.07) is 13.2. The molecule has 8 nitrogen and oxygen atoms in total. The lowest BCUT2D eigenvalue weighted by molar-refractivity contribution is 0.108. The SMILES string of the molecule is COC1CC[C@H](Nc2nc(-c3nccn3C)nc3sc(-c4ccn(C(C)C)n4)c(-c4ccccc4)c23)C1. The maximum atomic E-state index is 5.65. The molecule has 9 heteroatoms. The monoisotopic (exact) mass is 513 g/mol. The number of nitrogens with one attached hydrogen (secondary N) is 1. The van der Waals surface area contributed by atoms with Crippen molar-refractivity contribution in [3.05, 3.63) is 55.0 Å². The van der Waals surface area contributed by atoms with Gasteiger partial charge in [-0.2, -0.15) is 5.10 Å². The van der Waals surface area contributed by atoms with Gasteiger partial charge in [0.25, 0.3) is 0 Å². The van der Waals surface area contributed by atoms with Crippen molar-refractivity contribution in [1.82, 2.24) is 29.3 Å². The summed E-state index contributed by atoms with van der Waals surface area (Å²) in [5.41, 5.74) is 3.19. The second kappa shape index (κ2) is 9.72. The van der Waals surface area contributed by atoms with Gasteiger partial charge in [-0.25, -0.2) is 15.0 Å². The van der Waals surface area contributed by atoms with Gasteiger partial charge in [0.2, 0.25) is 0 Å². The first-order valence-electron chi connectivity index (χ1n) is 12.7. The average Bonchev–Trinajstić information content (AvgIpc) is 3.69. The highest BCUT2D eigenvalue weighted by atomic mass is 32.1. The van der Waals surface area contributed by atoms with Gasteiger partial charge in [0.1, 0.15) is 16.3 Å². The van der Waals surface area contributed by atoms with Crippen molar-refractivity contribution >= 4 is 27.4 Å². The fourth-order valence-corrected chi connectivity index (χ4v) is 6.23. The third kappa shape index (κ3) is 4.42. The largest absolute Gasteiger partial charge is 0.381 e. The molecule has 1 aromatic carbocycles. The number of ether oxygens (including phenoxy) is 1. The second-order valence-corrected chi connectivity index (χ2v) is 10.9. The molecule has 1 unspecified atom stereocenters. The zero-order valence-electron chi connectivity index (χ0n) is 21.5. The lowest BCUT2D eigenvalue weighted by Crippen LogP contribution is -2.18. The highest BCUT2D eigenvalue weighted by Gasteiger charge is 2.28. The first-order chi connectivity index (χ1) is 18.0. The zero-order chi connectivity index (χ0) is 25.5. The molecule has 6 rings (SSSR count). The summed E-state index contributed by atoms with van der Waals surface area (Å²) in [6.07, 6.45) is 9.06. The van der Waals surface area contributed by atoms with Gasteiger partial charge in [-0.3, -0.25) is 4.68 Å². The van der Waals surface area contributed by atoms with Gasteiger partial charge in [0, 0.05) is 50.4 Å². The highest BCUT2D eigenvalue weighted by molar-refractivity contribution is 7.22. The quantitative estimate of drug-likeness (QED) is 0.280. The molecule has 37 heavy (non-hydrogen) atoms. The summed E-state index contributed by atoms with van der Waals surface area (Å²) in [5.74, 6) is 2.20. The lowest BCUT2D eigenvalue weighted by atomic mass is 10.0. The minimum Gasteiger partial charge on any atom is -0.381 e. The normalized spacial score (nSPS) is 17.8. The number of aryl methyl sites for hydroxylation is 1. The van der Waals surface area contributed by atoms with Crippen molar-refractivity contribution in [3.63, 3.8) is 0 Å². The number of imidazole rings is 1. The van der Waals surface area contributed by atoms with Crippen LogP contribution in [-0.2, 0) is 11.8 Å². The van der Waals surface area contributed by atoms with E-state index in [1.807, 2.05) is 34.8 Å². The number of hydrogen-bond acceptors (Lipinski definition) is 7. The first kappa shape index (κ1) is 23.8. The van der Waals surface area contributed by atoms with Crippen molar-refractivity contribution in [2.75, 3.05) is 12.4 Å². The number of thiophene rings is 1. The predicted molar refractivity (Wildman–Crippen MR) is 149 cm³/mol. The highest BCUT2D eigenvalue weighted by Crippen LogP contribution is 2.47. The number of anilines is 1. The van der Waals surface area contributed by atoms with Crippen LogP contribution >= 0.6 is 11.3 Å². The average molecular weight is 514 g/mol. The Morgan fingerprint density at radius 2 is 1.92 bits per heavy atom. The van der Waals surface area contributed by atoms with Crippen molar-refractivity contribution in [1.29, 1.82) is 0 Å². The summed E-state index contributed by atoms with van der Waals surface area (Å²) in [6.45, 7) is 4.28. The maximum absolute atomic E-state index is 5.65. The van der Waals surface area contributed by atoms with Crippen LogP contribution in [0.25, 0.3) is 43.6 Å². The van der Waals surface area contributed by atoms with Gasteiger partial charge in [-0.1, -0.05) is 30.3 Å². The van der Waals surface area contributed by atoms with Gasteiger partial charge < -0.3 is 14.6 Å². The van der Waals surface area contributed by atoms with E-state index in [4.69, 9.17) is 19.8 Å². The van der Waals surface area contributed by atoms with Crippen LogP contribution in [-0.4, -0.2) is 48.6 Å². The summed E-state index contributed by atoms with van der Waals surface area (Å²) in [4.78, 5) is 16.7. The molecule has 190 valence electrons. The van der Waals surface area contributed by atoms with E-state index in [9.17, 15) is 0 Å². The third-order valence-electron chi connectivity index (χ3n) is 7.06. The van der Waals surface area contributed by atoms with E-state index in [1.165, 1.54) is 0 Å². The Labute approximate surface area is 220 Å². The number of benzene rings is 1. The van der Waals surface area contributed by atoms with E-state index in [2.05, 4.69) is 54.5 Å². The smallest absolute Gasteiger partial charge is 0.199 e. The zero-order valence-corrected chi connectivity index (χ0v) is 22.4. The molecule has 1 fully saturated rings. The number of fused-ring (bicyclic) bond motifs is 1. The third-order valence-corrected chi connectivity index (χ3v) is 8.17. The van der Waals surface area contributed by atoms with E-state index in [0.29, 0.717) is 5.82 Å². The van der Waals surface area contributed by atoms with E-state index in [1.54, 1.807) is 24.6 Å². The Morgan fingerprint density at radius 3 is 2.59 bits per heavy atom. The molecule has 1 saturated carbocycles. The topological polar surface area (TPSA) is 82.7 Å². The Balaban J connectivity index is 1.59. The van der Waals surface area contributed by atoms with Crippen molar-refractivity contribution in [2.24, 2.45) is 7.05 Å². The molecule has 4 aromatic heterocycles. The summed E-state index contributed by atoms with van der Waals surface area (Å²) >= 11 is 1.66. The Hall–Kier alpha value is -3.56. The van der Waals surface area contributed by atoms with E-state index >= 15 is 0 Å². The van der Waals surface area contributed by atoms with Crippen LogP contribution in [0, 0.1) is 0 Å². The second-order valence-electron chi connectivity index (χ2n) is 9.90.